The average Bonchev–Trinajstić information content (AvgIpc) is 3.24. The Morgan fingerprint density at radius 3 is 2.65 bits per heavy atom. The molecule has 0 fully saturated rings. The maximum atomic E-state index is 15.4. The highest BCUT2D eigenvalue weighted by Crippen LogP contribution is 2.44. The number of carbonyl (C=O) groups excluding carboxylic acids is 1. The van der Waals surface area contributed by atoms with Gasteiger partial charge in [-0.3, -0.25) is 0 Å². The van der Waals surface area contributed by atoms with E-state index in [0.717, 1.165) is 23.6 Å². The van der Waals surface area contributed by atoms with Crippen LogP contribution in [0.2, 0.25) is 0 Å². The molecule has 9 heteroatoms. The van der Waals surface area contributed by atoms with E-state index in [1.165, 1.54) is 19.3 Å². The number of esters is 1. The van der Waals surface area contributed by atoms with Crippen molar-refractivity contribution in [2.45, 2.75) is 59.2 Å². The van der Waals surface area contributed by atoms with Gasteiger partial charge in [0.15, 0.2) is 17.7 Å². The van der Waals surface area contributed by atoms with Crippen molar-refractivity contribution in [3.63, 3.8) is 0 Å². The second-order valence-electron chi connectivity index (χ2n) is 10.1. The van der Waals surface area contributed by atoms with E-state index in [4.69, 9.17) is 19.3 Å². The van der Waals surface area contributed by atoms with Crippen molar-refractivity contribution in [2.75, 3.05) is 13.7 Å². The summed E-state index contributed by atoms with van der Waals surface area (Å²) in [6.45, 7) is 9.60. The zero-order chi connectivity index (χ0) is 27.1. The number of carboxylic acids is 1. The molecule has 0 saturated carbocycles. The van der Waals surface area contributed by atoms with Crippen LogP contribution in [0, 0.1) is 19.7 Å². The molecule has 0 aliphatic carbocycles. The summed E-state index contributed by atoms with van der Waals surface area (Å²) in [6.07, 6.45) is 2.72. The number of carboxylic acid groups (broad SMARTS) is 1. The number of hydrogen-bond donors (Lipinski definition) is 2. The normalized spacial score (nSPS) is 14.5. The third kappa shape index (κ3) is 5.22. The highest BCUT2D eigenvalue weighted by Gasteiger charge is 2.34. The van der Waals surface area contributed by atoms with Crippen LogP contribution >= 0.6 is 0 Å². The lowest BCUT2D eigenvalue weighted by Gasteiger charge is -2.29. The molecule has 0 radical (unpaired) electrons. The van der Waals surface area contributed by atoms with Crippen LogP contribution in [-0.2, 0) is 25.5 Å². The maximum Gasteiger partial charge on any atom is 0.339 e. The fourth-order valence-electron chi connectivity index (χ4n) is 4.76. The number of benzene rings is 1. The van der Waals surface area contributed by atoms with Crippen LogP contribution in [0.3, 0.4) is 0 Å². The van der Waals surface area contributed by atoms with Crippen molar-refractivity contribution in [3.8, 4) is 16.9 Å². The Morgan fingerprint density at radius 2 is 2.00 bits per heavy atom. The van der Waals surface area contributed by atoms with Gasteiger partial charge >= 0.3 is 11.9 Å². The Hall–Kier alpha value is -3.72. The van der Waals surface area contributed by atoms with E-state index >= 15 is 4.39 Å². The minimum atomic E-state index is -1.14. The number of aromatic amines is 1. The summed E-state index contributed by atoms with van der Waals surface area (Å²) >= 11 is 0. The minimum absolute atomic E-state index is 0.255. The summed E-state index contributed by atoms with van der Waals surface area (Å²) in [5.74, 6) is -1.94. The number of H-pyrrole nitrogens is 1. The molecule has 2 aromatic heterocycles. The van der Waals surface area contributed by atoms with Crippen LogP contribution in [0.25, 0.3) is 28.2 Å². The highest BCUT2D eigenvalue weighted by atomic mass is 19.1. The monoisotopic (exact) mass is 510 g/mol. The molecule has 1 aromatic carbocycles. The lowest BCUT2D eigenvalue weighted by molar-refractivity contribution is -0.164. The zero-order valence-electron chi connectivity index (χ0n) is 21.8. The number of halogens is 1. The number of aryl methyl sites for hydroxylation is 1. The zero-order valence-corrected chi connectivity index (χ0v) is 21.8. The smallest absolute Gasteiger partial charge is 0.339 e. The molecule has 1 aliphatic heterocycles. The molecule has 0 bridgehead atoms. The molecule has 3 heterocycles. The van der Waals surface area contributed by atoms with Gasteiger partial charge < -0.3 is 24.3 Å². The van der Waals surface area contributed by atoms with E-state index in [1.54, 1.807) is 13.0 Å². The first-order valence-electron chi connectivity index (χ1n) is 12.1. The number of nitrogens with one attached hydrogen (secondary N) is 1. The van der Waals surface area contributed by atoms with Gasteiger partial charge in [-0.1, -0.05) is 0 Å². The van der Waals surface area contributed by atoms with Gasteiger partial charge in [0.1, 0.15) is 5.65 Å². The summed E-state index contributed by atoms with van der Waals surface area (Å²) < 4.78 is 32.3. The van der Waals surface area contributed by atoms with E-state index in [9.17, 15) is 9.59 Å². The number of rotatable bonds is 6. The highest BCUT2D eigenvalue weighted by molar-refractivity contribution is 6.00. The predicted octanol–water partition coefficient (Wildman–Crippen LogP) is 5.44. The molecule has 8 nitrogen and oxygen atoms in total. The molecule has 1 atom stereocenters. The van der Waals surface area contributed by atoms with Crippen LogP contribution in [0.1, 0.15) is 61.4 Å². The van der Waals surface area contributed by atoms with E-state index in [2.05, 4.69) is 9.97 Å². The molecule has 2 N–H and O–H groups in total. The first kappa shape index (κ1) is 26.3. The largest absolute Gasteiger partial charge is 0.490 e. The summed E-state index contributed by atoms with van der Waals surface area (Å²) in [5, 5.41) is 9.68. The summed E-state index contributed by atoms with van der Waals surface area (Å²) in [5.41, 5.74) is 3.95. The quantitative estimate of drug-likeness (QED) is 0.336. The number of pyridine rings is 1. The van der Waals surface area contributed by atoms with Crippen LogP contribution in [0.5, 0.6) is 5.75 Å². The van der Waals surface area contributed by atoms with E-state index in [1.807, 2.05) is 27.7 Å². The van der Waals surface area contributed by atoms with E-state index in [-0.39, 0.29) is 5.75 Å². The Morgan fingerprint density at radius 1 is 1.27 bits per heavy atom. The van der Waals surface area contributed by atoms with Gasteiger partial charge in [-0.15, -0.1) is 0 Å². The number of ether oxygens (including phenoxy) is 3. The molecule has 1 unspecified atom stereocenters. The van der Waals surface area contributed by atoms with Gasteiger partial charge in [0, 0.05) is 39.5 Å². The van der Waals surface area contributed by atoms with Crippen LogP contribution in [0.4, 0.5) is 4.39 Å². The standard InChI is InChI=1S/C28H31FN2O6/c1-14-17-8-7-11-36-24(17)20(29)13-18(14)23-19-12-16(9-10-21(32)33)31-26(19)30-15(2)22(23)25(27(34)35-6)37-28(3,4)5/h9-10,12-13,25H,7-8,11H2,1-6H3,(H,30,31)(H,32,33)/b10-9+. The third-order valence-electron chi connectivity index (χ3n) is 6.29. The maximum absolute atomic E-state index is 15.4. The van der Waals surface area contributed by atoms with Crippen molar-refractivity contribution in [3.05, 3.63) is 52.1 Å². The molecular formula is C28H31FN2O6. The first-order valence-corrected chi connectivity index (χ1v) is 12.1. The van der Waals surface area contributed by atoms with Crippen LogP contribution in [-0.4, -0.2) is 46.3 Å². The fraction of sp³-hybridized carbons (Fsp3) is 0.393. The predicted molar refractivity (Wildman–Crippen MR) is 137 cm³/mol. The van der Waals surface area contributed by atoms with E-state index in [0.29, 0.717) is 52.1 Å². The van der Waals surface area contributed by atoms with Gasteiger partial charge in [-0.25, -0.2) is 19.0 Å². The molecule has 37 heavy (non-hydrogen) atoms. The molecule has 1 aliphatic rings. The van der Waals surface area contributed by atoms with Gasteiger partial charge in [-0.2, -0.15) is 0 Å². The second kappa shape index (κ2) is 9.97. The Bertz CT molecular complexity index is 1420. The summed E-state index contributed by atoms with van der Waals surface area (Å²) in [6, 6.07) is 3.15. The number of nitrogens with zero attached hydrogens (tertiary/aromatic N) is 1. The Kier molecular flexibility index (Phi) is 7.10. The topological polar surface area (TPSA) is 111 Å². The second-order valence-corrected chi connectivity index (χ2v) is 10.1. The average molecular weight is 511 g/mol. The van der Waals surface area contributed by atoms with Gasteiger partial charge in [-0.05, 0) is 76.8 Å². The van der Waals surface area contributed by atoms with Crippen LogP contribution in [0.15, 0.2) is 18.2 Å². The third-order valence-corrected chi connectivity index (χ3v) is 6.29. The van der Waals surface area contributed by atoms with E-state index < -0.39 is 29.5 Å². The Labute approximate surface area is 214 Å². The lowest BCUT2D eigenvalue weighted by atomic mass is 9.86. The number of hydrogen-bond acceptors (Lipinski definition) is 6. The number of aliphatic carboxylic acids is 1. The molecule has 3 aromatic rings. The number of aromatic nitrogens is 2. The first-order chi connectivity index (χ1) is 17.4. The summed E-state index contributed by atoms with van der Waals surface area (Å²) in [4.78, 5) is 32.0. The molecule has 0 spiro atoms. The molecule has 196 valence electrons. The van der Waals surface area contributed by atoms with Crippen LogP contribution < -0.4 is 4.74 Å². The minimum Gasteiger partial charge on any atom is -0.490 e. The van der Waals surface area contributed by atoms with Crippen molar-refractivity contribution in [1.82, 2.24) is 9.97 Å². The van der Waals surface area contributed by atoms with Gasteiger partial charge in [0.2, 0.25) is 0 Å². The van der Waals surface area contributed by atoms with Gasteiger partial charge in [0.25, 0.3) is 0 Å². The number of carbonyl (C=O) groups is 2. The summed E-state index contributed by atoms with van der Waals surface area (Å²) in [7, 11) is 1.29. The number of fused-ring (bicyclic) bond motifs is 2. The molecule has 0 saturated heterocycles. The van der Waals surface area contributed by atoms with Crippen molar-refractivity contribution in [1.29, 1.82) is 0 Å². The lowest BCUT2D eigenvalue weighted by Crippen LogP contribution is -2.29. The van der Waals surface area contributed by atoms with Crippen molar-refractivity contribution < 1.29 is 33.3 Å². The Balaban J connectivity index is 2.10. The number of methoxy groups -OCH3 is 1. The SMILES string of the molecule is COC(=O)C(OC(C)(C)C)c1c(C)nc2[nH]c(/C=C/C(=O)O)cc2c1-c1cc(F)c2c(c1C)CCCO2. The van der Waals surface area contributed by atoms with Crippen molar-refractivity contribution >= 4 is 29.0 Å². The molecular weight excluding hydrogens is 479 g/mol. The van der Waals surface area contributed by atoms with Crippen molar-refractivity contribution in [2.24, 2.45) is 0 Å². The fourth-order valence-corrected chi connectivity index (χ4v) is 4.76. The molecule has 0 amide bonds. The molecule has 4 rings (SSSR count). The van der Waals surface area contributed by atoms with Gasteiger partial charge in [0.05, 0.1) is 19.3 Å².